The predicted molar refractivity (Wildman–Crippen MR) is 75.3 cm³/mol. The highest BCUT2D eigenvalue weighted by atomic mass is 32.2. The summed E-state index contributed by atoms with van der Waals surface area (Å²) in [5.74, 6) is 0. The van der Waals surface area contributed by atoms with Gasteiger partial charge in [0, 0.05) is 0 Å². The van der Waals surface area contributed by atoms with Crippen molar-refractivity contribution in [3.05, 3.63) is 29.8 Å². The molecule has 5 atom stereocenters. The molecule has 1 saturated heterocycles. The summed E-state index contributed by atoms with van der Waals surface area (Å²) < 4.78 is 31.5. The van der Waals surface area contributed by atoms with E-state index in [2.05, 4.69) is 4.72 Å². The number of aliphatic hydroxyl groups excluding tert-OH is 4. The molecule has 0 amide bonds. The van der Waals surface area contributed by atoms with E-state index in [0.29, 0.717) is 0 Å². The summed E-state index contributed by atoms with van der Waals surface area (Å²) in [6.45, 7) is 1.18. The fourth-order valence-corrected chi connectivity index (χ4v) is 3.43. The summed E-state index contributed by atoms with van der Waals surface area (Å²) in [5, 5.41) is 38.4. The number of hydrogen-bond acceptors (Lipinski definition) is 7. The molecule has 1 aromatic rings. The second-order valence-corrected chi connectivity index (χ2v) is 6.90. The first kappa shape index (κ1) is 17.3. The van der Waals surface area contributed by atoms with Crippen LogP contribution in [0.15, 0.2) is 29.2 Å². The standard InChI is InChI=1S/C13H19NO7S/c1-7-2-4-8(5-3-7)22(19,20)14-10-12(17)11(16)9(6-15)21-13(10)18/h2-5,9-18H,6H2,1H3/t9-,10-,11-,12-,13?/m1/s1. The van der Waals surface area contributed by atoms with Crippen LogP contribution in [0.3, 0.4) is 0 Å². The summed E-state index contributed by atoms with van der Waals surface area (Å²) in [6, 6.07) is 4.52. The van der Waals surface area contributed by atoms with Gasteiger partial charge in [0.2, 0.25) is 10.0 Å². The topological polar surface area (TPSA) is 136 Å². The third kappa shape index (κ3) is 3.46. The highest BCUT2D eigenvalue weighted by Crippen LogP contribution is 2.21. The van der Waals surface area contributed by atoms with Crippen molar-refractivity contribution in [1.29, 1.82) is 0 Å². The summed E-state index contributed by atoms with van der Waals surface area (Å²) in [7, 11) is -4.01. The zero-order valence-electron chi connectivity index (χ0n) is 11.8. The zero-order chi connectivity index (χ0) is 16.5. The van der Waals surface area contributed by atoms with Gasteiger partial charge in [0.1, 0.15) is 24.4 Å². The van der Waals surface area contributed by atoms with E-state index in [9.17, 15) is 23.7 Å². The van der Waals surface area contributed by atoms with Gasteiger partial charge in [-0.05, 0) is 19.1 Å². The lowest BCUT2D eigenvalue weighted by Crippen LogP contribution is -2.64. The van der Waals surface area contributed by atoms with Crippen LogP contribution >= 0.6 is 0 Å². The fraction of sp³-hybridized carbons (Fsp3) is 0.538. The largest absolute Gasteiger partial charge is 0.394 e. The Labute approximate surface area is 128 Å². The van der Waals surface area contributed by atoms with E-state index in [1.54, 1.807) is 19.1 Å². The normalized spacial score (nSPS) is 32.9. The number of hydrogen-bond donors (Lipinski definition) is 5. The van der Waals surface area contributed by atoms with E-state index in [0.717, 1.165) is 5.56 Å². The molecule has 1 heterocycles. The number of nitrogens with one attached hydrogen (secondary N) is 1. The molecule has 9 heteroatoms. The van der Waals surface area contributed by atoms with Crippen LogP contribution in [0, 0.1) is 6.92 Å². The van der Waals surface area contributed by atoms with Crippen LogP contribution in [0.2, 0.25) is 0 Å². The van der Waals surface area contributed by atoms with Gasteiger partial charge >= 0.3 is 0 Å². The smallest absolute Gasteiger partial charge is 0.241 e. The highest BCUT2D eigenvalue weighted by molar-refractivity contribution is 7.89. The molecule has 0 radical (unpaired) electrons. The van der Waals surface area contributed by atoms with Gasteiger partial charge in [-0.25, -0.2) is 13.1 Å². The van der Waals surface area contributed by atoms with Crippen LogP contribution in [0.4, 0.5) is 0 Å². The molecule has 8 nitrogen and oxygen atoms in total. The Bertz CT molecular complexity index is 603. The number of aryl methyl sites for hydroxylation is 1. The van der Waals surface area contributed by atoms with Crippen molar-refractivity contribution in [2.75, 3.05) is 6.61 Å². The molecule has 1 unspecified atom stereocenters. The number of sulfonamides is 1. The summed E-state index contributed by atoms with van der Waals surface area (Å²) in [6.07, 6.45) is -6.04. The van der Waals surface area contributed by atoms with Crippen molar-refractivity contribution in [2.45, 2.75) is 42.5 Å². The SMILES string of the molecule is Cc1ccc(S(=O)(=O)N[C@H]2C(O)O[C@H](CO)[C@@H](O)[C@@H]2O)cc1. The molecular weight excluding hydrogens is 314 g/mol. The van der Waals surface area contributed by atoms with Crippen LogP contribution < -0.4 is 4.72 Å². The number of ether oxygens (including phenoxy) is 1. The summed E-state index contributed by atoms with van der Waals surface area (Å²) >= 11 is 0. The van der Waals surface area contributed by atoms with E-state index in [1.165, 1.54) is 12.1 Å². The van der Waals surface area contributed by atoms with Crippen molar-refractivity contribution in [2.24, 2.45) is 0 Å². The minimum atomic E-state index is -4.01. The average molecular weight is 333 g/mol. The second-order valence-electron chi connectivity index (χ2n) is 5.19. The van der Waals surface area contributed by atoms with Gasteiger partial charge in [-0.15, -0.1) is 0 Å². The fourth-order valence-electron chi connectivity index (χ4n) is 2.19. The van der Waals surface area contributed by atoms with E-state index < -0.39 is 47.3 Å². The number of benzene rings is 1. The van der Waals surface area contributed by atoms with Crippen LogP contribution in [-0.4, -0.2) is 66.1 Å². The predicted octanol–water partition coefficient (Wildman–Crippen LogP) is -1.93. The first-order valence-corrected chi connectivity index (χ1v) is 8.14. The van der Waals surface area contributed by atoms with Gasteiger partial charge in [0.15, 0.2) is 6.29 Å². The molecule has 5 N–H and O–H groups in total. The van der Waals surface area contributed by atoms with E-state index >= 15 is 0 Å². The van der Waals surface area contributed by atoms with Crippen molar-refractivity contribution >= 4 is 10.0 Å². The first-order chi connectivity index (χ1) is 10.3. The van der Waals surface area contributed by atoms with Crippen LogP contribution in [-0.2, 0) is 14.8 Å². The molecule has 124 valence electrons. The van der Waals surface area contributed by atoms with Gasteiger partial charge < -0.3 is 25.2 Å². The molecule has 1 aliphatic rings. The minimum Gasteiger partial charge on any atom is -0.394 e. The monoisotopic (exact) mass is 333 g/mol. The van der Waals surface area contributed by atoms with Crippen molar-refractivity contribution < 1.29 is 33.6 Å². The molecule has 1 aromatic carbocycles. The molecule has 2 rings (SSSR count). The second kappa shape index (κ2) is 6.59. The third-order valence-electron chi connectivity index (χ3n) is 3.52. The van der Waals surface area contributed by atoms with Crippen molar-refractivity contribution in [3.8, 4) is 0 Å². The summed E-state index contributed by atoms with van der Waals surface area (Å²) in [5.41, 5.74) is 0.876. The lowest BCUT2D eigenvalue weighted by Gasteiger charge is -2.40. The van der Waals surface area contributed by atoms with E-state index in [-0.39, 0.29) is 4.90 Å². The molecule has 0 bridgehead atoms. The quantitative estimate of drug-likeness (QED) is 0.433. The van der Waals surface area contributed by atoms with Gasteiger partial charge in [-0.2, -0.15) is 0 Å². The van der Waals surface area contributed by atoms with Gasteiger partial charge in [0.25, 0.3) is 0 Å². The lowest BCUT2D eigenvalue weighted by atomic mass is 9.98. The average Bonchev–Trinajstić information content (AvgIpc) is 2.48. The molecular formula is C13H19NO7S. The molecule has 22 heavy (non-hydrogen) atoms. The number of rotatable bonds is 4. The zero-order valence-corrected chi connectivity index (χ0v) is 12.6. The highest BCUT2D eigenvalue weighted by Gasteiger charge is 2.45. The molecule has 1 aliphatic heterocycles. The minimum absolute atomic E-state index is 0.0451. The first-order valence-electron chi connectivity index (χ1n) is 6.66. The molecule has 1 fully saturated rings. The third-order valence-corrected chi connectivity index (χ3v) is 5.00. The Morgan fingerprint density at radius 3 is 2.27 bits per heavy atom. The number of aliphatic hydroxyl groups is 4. The van der Waals surface area contributed by atoms with Gasteiger partial charge in [0.05, 0.1) is 11.5 Å². The summed E-state index contributed by atoms with van der Waals surface area (Å²) in [4.78, 5) is -0.0451. The van der Waals surface area contributed by atoms with E-state index in [4.69, 9.17) is 9.84 Å². The van der Waals surface area contributed by atoms with Crippen LogP contribution in [0.1, 0.15) is 5.56 Å². The Kier molecular flexibility index (Phi) is 5.17. The van der Waals surface area contributed by atoms with Crippen molar-refractivity contribution in [3.63, 3.8) is 0 Å². The van der Waals surface area contributed by atoms with Crippen LogP contribution in [0.5, 0.6) is 0 Å². The maximum atomic E-state index is 12.2. The molecule has 0 aromatic heterocycles. The molecule has 0 spiro atoms. The van der Waals surface area contributed by atoms with Gasteiger partial charge in [-0.1, -0.05) is 17.7 Å². The molecule has 0 saturated carbocycles. The van der Waals surface area contributed by atoms with Gasteiger partial charge in [-0.3, -0.25) is 0 Å². The maximum absolute atomic E-state index is 12.2. The lowest BCUT2D eigenvalue weighted by molar-refractivity contribution is -0.251. The van der Waals surface area contributed by atoms with E-state index in [1.807, 2.05) is 0 Å². The maximum Gasteiger partial charge on any atom is 0.241 e. The molecule has 0 aliphatic carbocycles. The Balaban J connectivity index is 2.20. The van der Waals surface area contributed by atoms with Crippen LogP contribution in [0.25, 0.3) is 0 Å². The Morgan fingerprint density at radius 2 is 1.73 bits per heavy atom. The Hall–Kier alpha value is -1.07. The Morgan fingerprint density at radius 1 is 1.14 bits per heavy atom. The van der Waals surface area contributed by atoms with Crippen molar-refractivity contribution in [1.82, 2.24) is 4.72 Å².